The molecule has 1 aliphatic rings. The highest BCUT2D eigenvalue weighted by Crippen LogP contribution is 2.35. The Kier molecular flexibility index (Phi) is 3.60. The van der Waals surface area contributed by atoms with Crippen LogP contribution in [0.3, 0.4) is 0 Å². The van der Waals surface area contributed by atoms with Crippen molar-refractivity contribution >= 4 is 17.6 Å². The van der Waals surface area contributed by atoms with E-state index in [1.165, 1.54) is 12.8 Å². The van der Waals surface area contributed by atoms with Gasteiger partial charge in [-0.2, -0.15) is 0 Å². The van der Waals surface area contributed by atoms with E-state index in [2.05, 4.69) is 6.92 Å². The van der Waals surface area contributed by atoms with Gasteiger partial charge in [0.1, 0.15) is 5.60 Å². The van der Waals surface area contributed by atoms with Crippen LogP contribution in [-0.2, 0) is 9.53 Å². The van der Waals surface area contributed by atoms with Gasteiger partial charge >= 0.3 is 5.97 Å². The number of alkyl halides is 1. The van der Waals surface area contributed by atoms with Crippen LogP contribution in [0.25, 0.3) is 0 Å². The normalized spacial score (nSPS) is 33.5. The van der Waals surface area contributed by atoms with Gasteiger partial charge in [-0.15, -0.1) is 11.6 Å². The van der Waals surface area contributed by atoms with Crippen LogP contribution in [0.1, 0.15) is 46.0 Å². The van der Waals surface area contributed by atoms with Crippen molar-refractivity contribution in [3.63, 3.8) is 0 Å². The summed E-state index contributed by atoms with van der Waals surface area (Å²) < 4.78 is 5.24. The van der Waals surface area contributed by atoms with E-state index in [-0.39, 0.29) is 11.3 Å². The standard InChI is InChI=1S/C10H17ClO2/c1-3-4-5-6-10(2)8(11)7-9(12)13-10/h8H,3-7H2,1-2H3/t8-,10+/m0/s1. The highest BCUT2D eigenvalue weighted by atomic mass is 35.5. The van der Waals surface area contributed by atoms with Crippen molar-refractivity contribution in [2.75, 3.05) is 0 Å². The smallest absolute Gasteiger partial charge is 0.308 e. The number of rotatable bonds is 4. The van der Waals surface area contributed by atoms with Crippen molar-refractivity contribution in [2.24, 2.45) is 0 Å². The molecule has 2 atom stereocenters. The van der Waals surface area contributed by atoms with Crippen molar-refractivity contribution in [2.45, 2.75) is 56.9 Å². The van der Waals surface area contributed by atoms with Crippen LogP contribution in [0.4, 0.5) is 0 Å². The number of ether oxygens (including phenoxy) is 1. The number of esters is 1. The molecule has 0 aromatic heterocycles. The molecule has 0 aliphatic carbocycles. The molecule has 1 rings (SSSR count). The second-order valence-electron chi connectivity index (χ2n) is 3.92. The number of carbonyl (C=O) groups is 1. The molecule has 76 valence electrons. The molecule has 1 heterocycles. The highest BCUT2D eigenvalue weighted by Gasteiger charge is 2.43. The van der Waals surface area contributed by atoms with Gasteiger partial charge in [-0.1, -0.05) is 19.8 Å². The topological polar surface area (TPSA) is 26.3 Å². The molecule has 0 aromatic rings. The molecule has 0 spiro atoms. The molecule has 0 amide bonds. The average molecular weight is 205 g/mol. The van der Waals surface area contributed by atoms with Gasteiger partial charge in [-0.3, -0.25) is 4.79 Å². The van der Waals surface area contributed by atoms with Crippen LogP contribution in [0.2, 0.25) is 0 Å². The number of cyclic esters (lactones) is 1. The van der Waals surface area contributed by atoms with E-state index in [9.17, 15) is 4.79 Å². The van der Waals surface area contributed by atoms with Gasteiger partial charge in [0.05, 0.1) is 11.8 Å². The molecule has 0 saturated carbocycles. The summed E-state index contributed by atoms with van der Waals surface area (Å²) in [5.74, 6) is -0.154. The van der Waals surface area contributed by atoms with E-state index >= 15 is 0 Å². The summed E-state index contributed by atoms with van der Waals surface area (Å²) in [4.78, 5) is 11.0. The minimum atomic E-state index is -0.409. The first-order chi connectivity index (χ1) is 6.08. The van der Waals surface area contributed by atoms with Crippen molar-refractivity contribution in [1.29, 1.82) is 0 Å². The molecule has 2 nitrogen and oxygen atoms in total. The molecule has 1 fully saturated rings. The van der Waals surface area contributed by atoms with E-state index in [4.69, 9.17) is 16.3 Å². The molecule has 3 heteroatoms. The summed E-state index contributed by atoms with van der Waals surface area (Å²) in [6.45, 7) is 4.09. The van der Waals surface area contributed by atoms with E-state index in [0.717, 1.165) is 12.8 Å². The number of hydrogen-bond donors (Lipinski definition) is 0. The summed E-state index contributed by atoms with van der Waals surface area (Å²) in [5, 5.41) is -0.142. The molecule has 0 radical (unpaired) electrons. The number of hydrogen-bond acceptors (Lipinski definition) is 2. The zero-order valence-electron chi connectivity index (χ0n) is 8.31. The van der Waals surface area contributed by atoms with Crippen LogP contribution in [0.5, 0.6) is 0 Å². The number of unbranched alkanes of at least 4 members (excludes halogenated alkanes) is 2. The third kappa shape index (κ3) is 2.60. The summed E-state index contributed by atoms with van der Waals surface area (Å²) in [5.41, 5.74) is -0.409. The fraction of sp³-hybridized carbons (Fsp3) is 0.900. The number of halogens is 1. The third-order valence-electron chi connectivity index (χ3n) is 2.63. The monoisotopic (exact) mass is 204 g/mol. The van der Waals surface area contributed by atoms with Crippen LogP contribution in [-0.4, -0.2) is 16.9 Å². The first-order valence-corrected chi connectivity index (χ1v) is 5.38. The molecule has 1 saturated heterocycles. The van der Waals surface area contributed by atoms with Gasteiger partial charge in [0, 0.05) is 0 Å². The average Bonchev–Trinajstić information content (AvgIpc) is 2.27. The first kappa shape index (κ1) is 10.8. The first-order valence-electron chi connectivity index (χ1n) is 4.94. The lowest BCUT2D eigenvalue weighted by Crippen LogP contribution is -2.32. The Morgan fingerprint density at radius 3 is 2.77 bits per heavy atom. The lowest BCUT2D eigenvalue weighted by atomic mass is 9.95. The maximum atomic E-state index is 11.0. The van der Waals surface area contributed by atoms with Crippen LogP contribution < -0.4 is 0 Å². The second kappa shape index (κ2) is 4.32. The van der Waals surface area contributed by atoms with Gasteiger partial charge in [0.25, 0.3) is 0 Å². The van der Waals surface area contributed by atoms with Crippen LogP contribution in [0, 0.1) is 0 Å². The Hall–Kier alpha value is -0.240. The van der Waals surface area contributed by atoms with Crippen molar-refractivity contribution in [1.82, 2.24) is 0 Å². The molecule has 0 bridgehead atoms. The largest absolute Gasteiger partial charge is 0.458 e. The van der Waals surface area contributed by atoms with Crippen molar-refractivity contribution in [3.8, 4) is 0 Å². The minimum Gasteiger partial charge on any atom is -0.458 e. The highest BCUT2D eigenvalue weighted by molar-refractivity contribution is 6.23. The second-order valence-corrected chi connectivity index (χ2v) is 4.44. The fourth-order valence-corrected chi connectivity index (χ4v) is 1.94. The molecule has 0 unspecified atom stereocenters. The fourth-order valence-electron chi connectivity index (χ4n) is 1.66. The predicted molar refractivity (Wildman–Crippen MR) is 52.9 cm³/mol. The summed E-state index contributed by atoms with van der Waals surface area (Å²) in [6.07, 6.45) is 4.70. The van der Waals surface area contributed by atoms with E-state index < -0.39 is 5.60 Å². The Morgan fingerprint density at radius 1 is 1.62 bits per heavy atom. The van der Waals surface area contributed by atoms with Gasteiger partial charge in [0.15, 0.2) is 0 Å². The van der Waals surface area contributed by atoms with Crippen molar-refractivity contribution < 1.29 is 9.53 Å². The van der Waals surface area contributed by atoms with Crippen LogP contribution >= 0.6 is 11.6 Å². The Balaban J connectivity index is 2.41. The van der Waals surface area contributed by atoms with Gasteiger partial charge in [-0.05, 0) is 19.8 Å². The SMILES string of the molecule is CCCCC[C@@]1(C)OC(=O)C[C@@H]1Cl. The van der Waals surface area contributed by atoms with Gasteiger partial charge in [0.2, 0.25) is 0 Å². The third-order valence-corrected chi connectivity index (χ3v) is 3.25. The van der Waals surface area contributed by atoms with Gasteiger partial charge in [-0.25, -0.2) is 0 Å². The molecular formula is C10H17ClO2. The van der Waals surface area contributed by atoms with Crippen molar-refractivity contribution in [3.05, 3.63) is 0 Å². The lowest BCUT2D eigenvalue weighted by molar-refractivity contribution is -0.147. The number of carbonyl (C=O) groups excluding carboxylic acids is 1. The molecule has 1 aliphatic heterocycles. The molecular weight excluding hydrogens is 188 g/mol. The van der Waals surface area contributed by atoms with E-state index in [1.807, 2.05) is 6.92 Å². The van der Waals surface area contributed by atoms with Crippen LogP contribution in [0.15, 0.2) is 0 Å². The Morgan fingerprint density at radius 2 is 2.31 bits per heavy atom. The molecule has 0 N–H and O–H groups in total. The summed E-state index contributed by atoms with van der Waals surface area (Å²) in [7, 11) is 0. The summed E-state index contributed by atoms with van der Waals surface area (Å²) in [6, 6.07) is 0. The molecule has 0 aromatic carbocycles. The van der Waals surface area contributed by atoms with E-state index in [0.29, 0.717) is 6.42 Å². The summed E-state index contributed by atoms with van der Waals surface area (Å²) >= 11 is 6.05. The van der Waals surface area contributed by atoms with E-state index in [1.54, 1.807) is 0 Å². The Labute approximate surface area is 84.6 Å². The quantitative estimate of drug-likeness (QED) is 0.400. The zero-order valence-corrected chi connectivity index (χ0v) is 9.06. The molecule has 13 heavy (non-hydrogen) atoms. The minimum absolute atomic E-state index is 0.142. The predicted octanol–water partition coefficient (Wildman–Crippen LogP) is 2.88. The lowest BCUT2D eigenvalue weighted by Gasteiger charge is -2.25. The maximum absolute atomic E-state index is 11.0. The van der Waals surface area contributed by atoms with Gasteiger partial charge < -0.3 is 4.74 Å². The zero-order chi connectivity index (χ0) is 9.90. The Bertz CT molecular complexity index is 193. The maximum Gasteiger partial charge on any atom is 0.308 e.